The minimum absolute atomic E-state index is 1.04. The number of aryl methyl sites for hydroxylation is 1. The second-order valence-electron chi connectivity index (χ2n) is 7.00. The molecule has 0 atom stereocenters. The maximum atomic E-state index is 5.72. The van der Waals surface area contributed by atoms with E-state index in [4.69, 9.17) is 12.2 Å². The van der Waals surface area contributed by atoms with Gasteiger partial charge in [-0.2, -0.15) is 0 Å². The first-order valence-electron chi connectivity index (χ1n) is 9.75. The van der Waals surface area contributed by atoms with E-state index < -0.39 is 0 Å². The van der Waals surface area contributed by atoms with E-state index >= 15 is 0 Å². The van der Waals surface area contributed by atoms with Gasteiger partial charge in [0.15, 0.2) is 0 Å². The molecule has 0 amide bonds. The van der Waals surface area contributed by atoms with Gasteiger partial charge in [-0.15, -0.1) is 11.8 Å². The zero-order valence-electron chi connectivity index (χ0n) is 15.2. The van der Waals surface area contributed by atoms with Gasteiger partial charge in [-0.25, -0.2) is 0 Å². The predicted octanol–water partition coefficient (Wildman–Crippen LogP) is 5.10. The van der Waals surface area contributed by atoms with Gasteiger partial charge < -0.3 is 9.80 Å². The molecule has 2 saturated heterocycles. The number of likely N-dealkylation sites (tertiary alicyclic amines) is 2. The number of hydrogen-bond acceptors (Lipinski definition) is 4. The van der Waals surface area contributed by atoms with Crippen LogP contribution >= 0.6 is 24.0 Å². The smallest absolute Gasteiger partial charge is 0.106 e. The Hall–Kier alpha value is -1.00. The summed E-state index contributed by atoms with van der Waals surface area (Å²) < 4.78 is 1.04. The largest absolute Gasteiger partial charge is 0.358 e. The Morgan fingerprint density at radius 3 is 2.00 bits per heavy atom. The van der Waals surface area contributed by atoms with Gasteiger partial charge in [0.2, 0.25) is 0 Å². The van der Waals surface area contributed by atoms with Crippen LogP contribution in [0.4, 0.5) is 0 Å². The number of benzene rings is 1. The van der Waals surface area contributed by atoms with Gasteiger partial charge in [-0.3, -0.25) is 0 Å². The van der Waals surface area contributed by atoms with Crippen molar-refractivity contribution in [1.29, 1.82) is 0 Å². The fourth-order valence-corrected chi connectivity index (χ4v) is 4.77. The minimum Gasteiger partial charge on any atom is -0.358 e. The highest BCUT2D eigenvalue weighted by molar-refractivity contribution is 8.23. The van der Waals surface area contributed by atoms with Crippen LogP contribution in [-0.2, 0) is 6.42 Å². The standard InChI is InChI=1S/C21H30N2S2/c24-21(25-17-12-19-10-4-1-5-11-19)18-20(22-13-6-2-7-14-22)23-15-8-3-9-16-23/h1,4-5,10-11,18H,2-3,6-9,12-17H2. The lowest BCUT2D eigenvalue weighted by atomic mass is 10.1. The second-order valence-corrected chi connectivity index (χ2v) is 8.84. The van der Waals surface area contributed by atoms with E-state index in [0.29, 0.717) is 0 Å². The van der Waals surface area contributed by atoms with E-state index in [2.05, 4.69) is 46.2 Å². The van der Waals surface area contributed by atoms with E-state index in [1.807, 2.05) is 11.8 Å². The molecule has 0 bridgehead atoms. The summed E-state index contributed by atoms with van der Waals surface area (Å²) in [5.74, 6) is 2.46. The number of piperidine rings is 2. The minimum atomic E-state index is 1.04. The van der Waals surface area contributed by atoms with Gasteiger partial charge in [0, 0.05) is 38.0 Å². The third kappa shape index (κ3) is 6.03. The molecule has 1 aromatic carbocycles. The highest BCUT2D eigenvalue weighted by Gasteiger charge is 2.21. The second kappa shape index (κ2) is 10.2. The van der Waals surface area contributed by atoms with Crippen molar-refractivity contribution in [2.24, 2.45) is 0 Å². The van der Waals surface area contributed by atoms with Crippen molar-refractivity contribution < 1.29 is 0 Å². The van der Waals surface area contributed by atoms with Crippen molar-refractivity contribution in [2.45, 2.75) is 44.9 Å². The molecule has 0 aromatic heterocycles. The van der Waals surface area contributed by atoms with Gasteiger partial charge in [-0.1, -0.05) is 42.5 Å². The molecule has 136 valence electrons. The average Bonchev–Trinajstić information content (AvgIpc) is 2.68. The van der Waals surface area contributed by atoms with Crippen LogP contribution in [0.25, 0.3) is 0 Å². The Bertz CT molecular complexity index is 539. The fraction of sp³-hybridized carbons (Fsp3) is 0.571. The molecule has 0 aliphatic carbocycles. The van der Waals surface area contributed by atoms with Crippen LogP contribution in [0, 0.1) is 0 Å². The summed E-state index contributed by atoms with van der Waals surface area (Å²) in [5.41, 5.74) is 1.40. The summed E-state index contributed by atoms with van der Waals surface area (Å²) in [6.07, 6.45) is 11.4. The first-order valence-corrected chi connectivity index (χ1v) is 11.1. The van der Waals surface area contributed by atoms with Crippen molar-refractivity contribution >= 4 is 28.2 Å². The maximum absolute atomic E-state index is 5.72. The van der Waals surface area contributed by atoms with E-state index in [9.17, 15) is 0 Å². The molecule has 0 radical (unpaired) electrons. The monoisotopic (exact) mass is 374 g/mol. The van der Waals surface area contributed by atoms with Crippen molar-refractivity contribution in [1.82, 2.24) is 9.80 Å². The number of nitrogens with zero attached hydrogens (tertiary/aromatic N) is 2. The highest BCUT2D eigenvalue weighted by Crippen LogP contribution is 2.23. The van der Waals surface area contributed by atoms with Crippen molar-refractivity contribution in [3.8, 4) is 0 Å². The van der Waals surface area contributed by atoms with Gasteiger partial charge in [0.25, 0.3) is 0 Å². The number of rotatable bonds is 6. The van der Waals surface area contributed by atoms with Crippen molar-refractivity contribution in [3.05, 3.63) is 47.8 Å². The lowest BCUT2D eigenvalue weighted by Gasteiger charge is -2.40. The zero-order chi connectivity index (χ0) is 17.3. The first kappa shape index (κ1) is 18.8. The summed E-state index contributed by atoms with van der Waals surface area (Å²) >= 11 is 7.55. The van der Waals surface area contributed by atoms with E-state index in [0.717, 1.165) is 16.4 Å². The first-order chi connectivity index (χ1) is 12.3. The van der Waals surface area contributed by atoms with E-state index in [-0.39, 0.29) is 0 Å². The Morgan fingerprint density at radius 1 is 0.880 bits per heavy atom. The SMILES string of the molecule is S=C(C=C(N1CCCCC1)N1CCCCC1)SCCc1ccccc1. The molecule has 0 N–H and O–H groups in total. The van der Waals surface area contributed by atoms with Crippen LogP contribution in [0.1, 0.15) is 44.1 Å². The van der Waals surface area contributed by atoms with Crippen LogP contribution in [0.15, 0.2) is 42.2 Å². The molecule has 25 heavy (non-hydrogen) atoms. The Morgan fingerprint density at radius 2 is 1.44 bits per heavy atom. The van der Waals surface area contributed by atoms with Gasteiger partial charge in [0.1, 0.15) is 5.82 Å². The van der Waals surface area contributed by atoms with Crippen LogP contribution in [0.5, 0.6) is 0 Å². The van der Waals surface area contributed by atoms with Gasteiger partial charge in [0.05, 0.1) is 4.20 Å². The molecule has 2 aliphatic rings. The predicted molar refractivity (Wildman–Crippen MR) is 114 cm³/mol. The molecular formula is C21H30N2S2. The van der Waals surface area contributed by atoms with Crippen LogP contribution in [-0.4, -0.2) is 45.9 Å². The van der Waals surface area contributed by atoms with Crippen molar-refractivity contribution in [3.63, 3.8) is 0 Å². The molecule has 2 nitrogen and oxygen atoms in total. The third-order valence-electron chi connectivity index (χ3n) is 5.08. The maximum Gasteiger partial charge on any atom is 0.106 e. The van der Waals surface area contributed by atoms with Gasteiger partial charge >= 0.3 is 0 Å². The molecule has 3 rings (SSSR count). The summed E-state index contributed by atoms with van der Waals surface area (Å²) in [6.45, 7) is 4.78. The molecular weight excluding hydrogens is 344 g/mol. The fourth-order valence-electron chi connectivity index (χ4n) is 3.69. The Balaban J connectivity index is 1.58. The number of hydrogen-bond donors (Lipinski definition) is 0. The Kier molecular flexibility index (Phi) is 7.68. The molecule has 2 heterocycles. The van der Waals surface area contributed by atoms with Crippen molar-refractivity contribution in [2.75, 3.05) is 31.9 Å². The molecule has 0 unspecified atom stereocenters. The number of thioether (sulfide) groups is 1. The lowest BCUT2D eigenvalue weighted by molar-refractivity contribution is 0.167. The normalized spacial score (nSPS) is 18.1. The lowest BCUT2D eigenvalue weighted by Crippen LogP contribution is -2.41. The molecule has 2 fully saturated rings. The van der Waals surface area contributed by atoms with Gasteiger partial charge in [-0.05, 0) is 50.5 Å². The average molecular weight is 375 g/mol. The summed E-state index contributed by atoms with van der Waals surface area (Å²) in [7, 11) is 0. The quantitative estimate of drug-likeness (QED) is 0.504. The zero-order valence-corrected chi connectivity index (χ0v) is 16.8. The number of thiocarbonyl (C=S) groups is 1. The Labute approximate surface area is 162 Å². The van der Waals surface area contributed by atoms with E-state index in [1.165, 1.54) is 76.1 Å². The summed E-state index contributed by atoms with van der Waals surface area (Å²) in [4.78, 5) is 5.16. The molecule has 4 heteroatoms. The third-order valence-corrected chi connectivity index (χ3v) is 6.37. The van der Waals surface area contributed by atoms with Crippen LogP contribution in [0.3, 0.4) is 0 Å². The topological polar surface area (TPSA) is 6.48 Å². The van der Waals surface area contributed by atoms with E-state index in [1.54, 1.807) is 0 Å². The molecule has 0 saturated carbocycles. The molecule has 0 spiro atoms. The molecule has 2 aliphatic heterocycles. The van der Waals surface area contributed by atoms with Crippen LogP contribution in [0.2, 0.25) is 0 Å². The summed E-state index contributed by atoms with van der Waals surface area (Å²) in [6, 6.07) is 10.7. The highest BCUT2D eigenvalue weighted by atomic mass is 32.2. The molecule has 1 aromatic rings. The summed E-state index contributed by atoms with van der Waals surface area (Å²) in [5, 5.41) is 0. The van der Waals surface area contributed by atoms with Crippen LogP contribution < -0.4 is 0 Å².